The molecule has 1 aromatic heterocycles. The zero-order valence-corrected chi connectivity index (χ0v) is 21.4. The minimum Gasteiger partial charge on any atom is -0.344 e. The normalized spacial score (nSPS) is 15.9. The molecule has 1 heterocycles. The lowest BCUT2D eigenvalue weighted by atomic mass is 9.93. The molecule has 2 aromatic carbocycles. The van der Waals surface area contributed by atoms with Gasteiger partial charge >= 0.3 is 0 Å². The number of para-hydroxylation sites is 1. The number of unbranched alkanes of at least 4 members (excludes halogenated alkanes) is 3. The Morgan fingerprint density at radius 1 is 1.09 bits per heavy atom. The van der Waals surface area contributed by atoms with E-state index in [4.69, 9.17) is 4.18 Å². The fraction of sp³-hybridized carbons (Fsp3) is 0.481. The molecule has 1 unspecified atom stereocenters. The summed E-state index contributed by atoms with van der Waals surface area (Å²) in [6.45, 7) is 5.39. The van der Waals surface area contributed by atoms with Crippen LogP contribution in [0.3, 0.4) is 0 Å². The number of aryl methyl sites for hydroxylation is 2. The Bertz CT molecular complexity index is 1300. The number of nitro groups is 1. The Kier molecular flexibility index (Phi) is 7.91. The van der Waals surface area contributed by atoms with Crippen molar-refractivity contribution in [1.29, 1.82) is 0 Å². The second-order valence-corrected chi connectivity index (χ2v) is 11.0. The van der Waals surface area contributed by atoms with Gasteiger partial charge in [-0.25, -0.2) is 0 Å². The van der Waals surface area contributed by atoms with Gasteiger partial charge in [0, 0.05) is 36.2 Å². The highest BCUT2D eigenvalue weighted by atomic mass is 32.2. The van der Waals surface area contributed by atoms with Crippen molar-refractivity contribution >= 4 is 26.7 Å². The van der Waals surface area contributed by atoms with Gasteiger partial charge in [-0.05, 0) is 42.4 Å². The van der Waals surface area contributed by atoms with Crippen LogP contribution < -0.4 is 0 Å². The molecule has 7 nitrogen and oxygen atoms in total. The van der Waals surface area contributed by atoms with Crippen LogP contribution in [0.4, 0.5) is 5.69 Å². The molecule has 0 saturated carbocycles. The molecule has 0 radical (unpaired) electrons. The van der Waals surface area contributed by atoms with Crippen LogP contribution in [0, 0.1) is 10.1 Å². The second kappa shape index (κ2) is 10.9. The van der Waals surface area contributed by atoms with Crippen LogP contribution in [0.15, 0.2) is 42.5 Å². The summed E-state index contributed by atoms with van der Waals surface area (Å²) < 4.78 is 33.8. The van der Waals surface area contributed by atoms with Crippen molar-refractivity contribution < 1.29 is 17.5 Å². The van der Waals surface area contributed by atoms with E-state index in [1.807, 2.05) is 0 Å². The summed E-state index contributed by atoms with van der Waals surface area (Å²) in [5.74, 6) is -0.298. The lowest BCUT2D eigenvalue weighted by Crippen LogP contribution is -2.27. The van der Waals surface area contributed by atoms with Crippen LogP contribution in [0.1, 0.15) is 68.3 Å². The van der Waals surface area contributed by atoms with Gasteiger partial charge in [-0.15, -0.1) is 0 Å². The second-order valence-electron chi connectivity index (χ2n) is 9.39. The SMILES string of the molecule is CCCCCCn1c2c(c3cccc(CC)c31)CC(OS(=O)(=O)Cc1ccc([N+](=O)[O-])cc1)CC2. The molecule has 4 rings (SSSR count). The van der Waals surface area contributed by atoms with Crippen LogP contribution in [0.2, 0.25) is 0 Å². The Labute approximate surface area is 207 Å². The average molecular weight is 499 g/mol. The van der Waals surface area contributed by atoms with Crippen molar-refractivity contribution in [1.82, 2.24) is 4.57 Å². The summed E-state index contributed by atoms with van der Waals surface area (Å²) in [4.78, 5) is 10.3. The smallest absolute Gasteiger partial charge is 0.271 e. The molecule has 188 valence electrons. The molecule has 0 bridgehead atoms. The third kappa shape index (κ3) is 5.76. The Morgan fingerprint density at radius 3 is 2.54 bits per heavy atom. The molecule has 35 heavy (non-hydrogen) atoms. The Morgan fingerprint density at radius 2 is 1.86 bits per heavy atom. The maximum absolute atomic E-state index is 12.8. The van der Waals surface area contributed by atoms with E-state index in [9.17, 15) is 18.5 Å². The van der Waals surface area contributed by atoms with Crippen LogP contribution in [-0.2, 0) is 45.9 Å². The van der Waals surface area contributed by atoms with Gasteiger partial charge in [0.1, 0.15) is 5.75 Å². The van der Waals surface area contributed by atoms with E-state index < -0.39 is 21.1 Å². The molecule has 3 aromatic rings. The Balaban J connectivity index is 1.54. The van der Waals surface area contributed by atoms with Gasteiger partial charge in [-0.3, -0.25) is 14.3 Å². The summed E-state index contributed by atoms with van der Waals surface area (Å²) in [5.41, 5.74) is 5.58. The number of nitro benzene ring substituents is 1. The van der Waals surface area contributed by atoms with Crippen LogP contribution in [0.5, 0.6) is 0 Å². The quantitative estimate of drug-likeness (QED) is 0.138. The first-order valence-electron chi connectivity index (χ1n) is 12.6. The molecular formula is C27H34N2O5S. The summed E-state index contributed by atoms with van der Waals surface area (Å²) in [6.07, 6.45) is 7.37. The summed E-state index contributed by atoms with van der Waals surface area (Å²) in [5, 5.41) is 12.1. The molecule has 0 N–H and O–H groups in total. The molecule has 0 fully saturated rings. The van der Waals surface area contributed by atoms with E-state index in [-0.39, 0.29) is 11.4 Å². The standard InChI is InChI=1S/C27H34N2O5S/c1-3-5-6-7-17-28-26-16-15-23(18-25(26)24-10-8-9-21(4-2)27(24)28)34-35(32,33)19-20-11-13-22(14-12-20)29(30)31/h8-14,23H,3-7,15-19H2,1-2H3. The van der Waals surface area contributed by atoms with Crippen LogP contribution >= 0.6 is 0 Å². The third-order valence-electron chi connectivity index (χ3n) is 6.91. The van der Waals surface area contributed by atoms with Gasteiger partial charge in [-0.1, -0.05) is 63.4 Å². The van der Waals surface area contributed by atoms with Crippen molar-refractivity contribution in [2.75, 3.05) is 0 Å². The number of non-ortho nitro benzene ring substituents is 1. The number of hydrogen-bond donors (Lipinski definition) is 0. The highest BCUT2D eigenvalue weighted by Crippen LogP contribution is 2.36. The fourth-order valence-corrected chi connectivity index (χ4v) is 6.47. The van der Waals surface area contributed by atoms with E-state index in [0.29, 0.717) is 18.4 Å². The first-order valence-corrected chi connectivity index (χ1v) is 14.2. The summed E-state index contributed by atoms with van der Waals surface area (Å²) in [6, 6.07) is 12.0. The van der Waals surface area contributed by atoms with Crippen molar-refractivity contribution in [2.24, 2.45) is 0 Å². The summed E-state index contributed by atoms with van der Waals surface area (Å²) in [7, 11) is -3.83. The lowest BCUT2D eigenvalue weighted by molar-refractivity contribution is -0.384. The van der Waals surface area contributed by atoms with E-state index in [1.54, 1.807) is 0 Å². The van der Waals surface area contributed by atoms with E-state index in [2.05, 4.69) is 36.6 Å². The zero-order chi connectivity index (χ0) is 25.0. The van der Waals surface area contributed by atoms with E-state index in [1.165, 1.54) is 71.3 Å². The van der Waals surface area contributed by atoms with Gasteiger partial charge in [-0.2, -0.15) is 8.42 Å². The number of aromatic nitrogens is 1. The first kappa shape index (κ1) is 25.4. The molecule has 1 atom stereocenters. The minimum absolute atomic E-state index is 0.0654. The van der Waals surface area contributed by atoms with E-state index >= 15 is 0 Å². The predicted octanol–water partition coefficient (Wildman–Crippen LogP) is 6.10. The fourth-order valence-electron chi connectivity index (χ4n) is 5.22. The highest BCUT2D eigenvalue weighted by Gasteiger charge is 2.29. The van der Waals surface area contributed by atoms with Gasteiger partial charge in [0.15, 0.2) is 0 Å². The van der Waals surface area contributed by atoms with Crippen LogP contribution in [0.25, 0.3) is 10.9 Å². The van der Waals surface area contributed by atoms with E-state index in [0.717, 1.165) is 25.8 Å². The van der Waals surface area contributed by atoms with Gasteiger partial charge in [0.2, 0.25) is 0 Å². The van der Waals surface area contributed by atoms with Gasteiger partial charge in [0.05, 0.1) is 16.5 Å². The number of nitrogens with zero attached hydrogens (tertiary/aromatic N) is 2. The van der Waals surface area contributed by atoms with Crippen molar-refractivity contribution in [2.45, 2.75) is 83.6 Å². The topological polar surface area (TPSA) is 91.4 Å². The zero-order valence-electron chi connectivity index (χ0n) is 20.5. The first-order chi connectivity index (χ1) is 16.8. The number of fused-ring (bicyclic) bond motifs is 3. The lowest BCUT2D eigenvalue weighted by Gasteiger charge is -2.24. The maximum Gasteiger partial charge on any atom is 0.271 e. The maximum atomic E-state index is 12.8. The Hall–Kier alpha value is -2.71. The van der Waals surface area contributed by atoms with Gasteiger partial charge < -0.3 is 4.57 Å². The van der Waals surface area contributed by atoms with Crippen molar-refractivity contribution in [3.8, 4) is 0 Å². The molecule has 0 aliphatic heterocycles. The van der Waals surface area contributed by atoms with Crippen molar-refractivity contribution in [3.05, 3.63) is 75.0 Å². The predicted molar refractivity (Wildman–Crippen MR) is 138 cm³/mol. The summed E-state index contributed by atoms with van der Waals surface area (Å²) >= 11 is 0. The molecule has 1 aliphatic carbocycles. The molecule has 1 aliphatic rings. The molecule has 8 heteroatoms. The third-order valence-corrected chi connectivity index (χ3v) is 8.17. The highest BCUT2D eigenvalue weighted by molar-refractivity contribution is 7.85. The average Bonchev–Trinajstić information content (AvgIpc) is 3.14. The van der Waals surface area contributed by atoms with Gasteiger partial charge in [0.25, 0.3) is 15.8 Å². The van der Waals surface area contributed by atoms with Crippen LogP contribution in [-0.4, -0.2) is 24.0 Å². The molecule has 0 saturated heterocycles. The molecular weight excluding hydrogens is 464 g/mol. The number of hydrogen-bond acceptors (Lipinski definition) is 5. The van der Waals surface area contributed by atoms with Crippen molar-refractivity contribution in [3.63, 3.8) is 0 Å². The monoisotopic (exact) mass is 498 g/mol. The number of benzene rings is 2. The molecule has 0 spiro atoms. The largest absolute Gasteiger partial charge is 0.344 e. The molecule has 0 amide bonds. The number of rotatable bonds is 11. The minimum atomic E-state index is -3.83.